The van der Waals surface area contributed by atoms with Crippen molar-refractivity contribution in [2.24, 2.45) is 0 Å². The second kappa shape index (κ2) is 9.29. The normalized spacial score (nSPS) is 14.3. The van der Waals surface area contributed by atoms with Crippen LogP contribution in [-0.2, 0) is 4.74 Å². The number of benzene rings is 1. The number of hydrogen-bond donors (Lipinski definition) is 1. The third kappa shape index (κ3) is 5.02. The van der Waals surface area contributed by atoms with Crippen LogP contribution in [0.4, 0.5) is 0 Å². The summed E-state index contributed by atoms with van der Waals surface area (Å²) in [7, 11) is 1.57. The molecule has 1 aromatic heterocycles. The van der Waals surface area contributed by atoms with Crippen LogP contribution < -0.4 is 10.1 Å². The topological polar surface area (TPSA) is 73.3 Å². The van der Waals surface area contributed by atoms with Crippen molar-refractivity contribution in [3.8, 4) is 17.3 Å². The second-order valence-corrected chi connectivity index (χ2v) is 6.39. The van der Waals surface area contributed by atoms with Gasteiger partial charge in [0.25, 0.3) is 5.91 Å². The molecule has 1 heterocycles. The molecule has 1 aromatic carbocycles. The fraction of sp³-hybridized carbons (Fsp3) is 0.450. The predicted octanol–water partition coefficient (Wildman–Crippen LogP) is 3.23. The standard InChI is InChI=1S/C20H25N3O3/c1-25-18-11-13-21-19(23-18)15-7-9-16(10-8-15)20(24)22-12-4-14-26-17-5-2-3-6-17/h7-11,13,17H,2-6,12,14H2,1H3,(H,22,24). The van der Waals surface area contributed by atoms with Gasteiger partial charge in [0.2, 0.25) is 5.88 Å². The van der Waals surface area contributed by atoms with E-state index in [9.17, 15) is 4.79 Å². The molecular weight excluding hydrogens is 330 g/mol. The van der Waals surface area contributed by atoms with Gasteiger partial charge in [-0.15, -0.1) is 0 Å². The van der Waals surface area contributed by atoms with Gasteiger partial charge in [-0.3, -0.25) is 4.79 Å². The molecule has 3 rings (SSSR count). The number of carbonyl (C=O) groups excluding carboxylic acids is 1. The first-order valence-electron chi connectivity index (χ1n) is 9.13. The van der Waals surface area contributed by atoms with E-state index in [2.05, 4.69) is 15.3 Å². The average molecular weight is 355 g/mol. The maximum absolute atomic E-state index is 12.2. The molecule has 0 bridgehead atoms. The van der Waals surface area contributed by atoms with Crippen molar-refractivity contribution in [2.45, 2.75) is 38.2 Å². The fourth-order valence-electron chi connectivity index (χ4n) is 3.05. The average Bonchev–Trinajstić information content (AvgIpc) is 3.21. The summed E-state index contributed by atoms with van der Waals surface area (Å²) in [5, 5.41) is 2.93. The molecule has 0 aliphatic heterocycles. The highest BCUT2D eigenvalue weighted by Crippen LogP contribution is 2.21. The Hall–Kier alpha value is -2.47. The van der Waals surface area contributed by atoms with E-state index in [1.54, 1.807) is 31.5 Å². The molecule has 1 amide bonds. The summed E-state index contributed by atoms with van der Waals surface area (Å²) in [6.07, 6.45) is 7.81. The van der Waals surface area contributed by atoms with E-state index in [1.165, 1.54) is 25.7 Å². The number of nitrogens with one attached hydrogen (secondary N) is 1. The van der Waals surface area contributed by atoms with Crippen LogP contribution in [0.3, 0.4) is 0 Å². The molecule has 1 aliphatic rings. The molecule has 1 fully saturated rings. The Bertz CT molecular complexity index is 712. The van der Waals surface area contributed by atoms with E-state index >= 15 is 0 Å². The van der Waals surface area contributed by atoms with Gasteiger partial charge in [0.15, 0.2) is 5.82 Å². The lowest BCUT2D eigenvalue weighted by Gasteiger charge is -2.11. The number of methoxy groups -OCH3 is 1. The zero-order valence-electron chi connectivity index (χ0n) is 15.1. The van der Waals surface area contributed by atoms with Crippen molar-refractivity contribution in [3.05, 3.63) is 42.1 Å². The quantitative estimate of drug-likeness (QED) is 0.736. The van der Waals surface area contributed by atoms with Gasteiger partial charge in [-0.2, -0.15) is 4.98 Å². The Balaban J connectivity index is 1.45. The Labute approximate surface area is 154 Å². The van der Waals surface area contributed by atoms with Crippen LogP contribution in [0.2, 0.25) is 0 Å². The van der Waals surface area contributed by atoms with E-state index in [1.807, 2.05) is 12.1 Å². The van der Waals surface area contributed by atoms with Crippen molar-refractivity contribution in [3.63, 3.8) is 0 Å². The lowest BCUT2D eigenvalue weighted by molar-refractivity contribution is 0.0565. The van der Waals surface area contributed by atoms with Crippen molar-refractivity contribution >= 4 is 5.91 Å². The van der Waals surface area contributed by atoms with Crippen LogP contribution >= 0.6 is 0 Å². The van der Waals surface area contributed by atoms with Crippen LogP contribution in [0.25, 0.3) is 11.4 Å². The second-order valence-electron chi connectivity index (χ2n) is 6.39. The van der Waals surface area contributed by atoms with Crippen molar-refractivity contribution < 1.29 is 14.3 Å². The summed E-state index contributed by atoms with van der Waals surface area (Å²) >= 11 is 0. The number of aromatic nitrogens is 2. The van der Waals surface area contributed by atoms with Gasteiger partial charge in [0.05, 0.1) is 13.2 Å². The molecule has 0 radical (unpaired) electrons. The minimum absolute atomic E-state index is 0.0797. The molecule has 138 valence electrons. The van der Waals surface area contributed by atoms with Gasteiger partial charge in [0, 0.05) is 36.5 Å². The Morgan fingerprint density at radius 2 is 1.96 bits per heavy atom. The van der Waals surface area contributed by atoms with Gasteiger partial charge < -0.3 is 14.8 Å². The van der Waals surface area contributed by atoms with Crippen molar-refractivity contribution in [1.82, 2.24) is 15.3 Å². The molecule has 1 N–H and O–H groups in total. The highest BCUT2D eigenvalue weighted by molar-refractivity contribution is 5.94. The van der Waals surface area contributed by atoms with Gasteiger partial charge >= 0.3 is 0 Å². The Morgan fingerprint density at radius 1 is 1.19 bits per heavy atom. The largest absolute Gasteiger partial charge is 0.481 e. The van der Waals surface area contributed by atoms with Crippen molar-refractivity contribution in [1.29, 1.82) is 0 Å². The summed E-state index contributed by atoms with van der Waals surface area (Å²) in [6.45, 7) is 1.32. The van der Waals surface area contributed by atoms with Crippen LogP contribution in [0, 0.1) is 0 Å². The molecule has 0 spiro atoms. The Morgan fingerprint density at radius 3 is 2.69 bits per heavy atom. The number of amides is 1. The third-order valence-electron chi connectivity index (χ3n) is 4.51. The predicted molar refractivity (Wildman–Crippen MR) is 99.2 cm³/mol. The van der Waals surface area contributed by atoms with E-state index in [4.69, 9.17) is 9.47 Å². The third-order valence-corrected chi connectivity index (χ3v) is 4.51. The molecule has 0 atom stereocenters. The van der Waals surface area contributed by atoms with Gasteiger partial charge in [-0.1, -0.05) is 25.0 Å². The summed E-state index contributed by atoms with van der Waals surface area (Å²) in [5.74, 6) is 1.00. The zero-order valence-corrected chi connectivity index (χ0v) is 15.1. The smallest absolute Gasteiger partial charge is 0.251 e. The van der Waals surface area contributed by atoms with Crippen LogP contribution in [-0.4, -0.2) is 42.2 Å². The zero-order chi connectivity index (χ0) is 18.2. The van der Waals surface area contributed by atoms with Gasteiger partial charge in [-0.25, -0.2) is 4.98 Å². The monoisotopic (exact) mass is 355 g/mol. The number of hydrogen-bond acceptors (Lipinski definition) is 5. The van der Waals surface area contributed by atoms with Crippen LogP contribution in [0.1, 0.15) is 42.5 Å². The Kier molecular flexibility index (Phi) is 6.55. The van der Waals surface area contributed by atoms with E-state index in [0.29, 0.717) is 36.5 Å². The van der Waals surface area contributed by atoms with Gasteiger partial charge in [-0.05, 0) is 31.4 Å². The summed E-state index contributed by atoms with van der Waals surface area (Å²) in [6, 6.07) is 8.94. The molecule has 0 saturated heterocycles. The first-order valence-corrected chi connectivity index (χ1v) is 9.13. The highest BCUT2D eigenvalue weighted by atomic mass is 16.5. The lowest BCUT2D eigenvalue weighted by atomic mass is 10.1. The van der Waals surface area contributed by atoms with E-state index < -0.39 is 0 Å². The van der Waals surface area contributed by atoms with Gasteiger partial charge in [0.1, 0.15) is 0 Å². The maximum atomic E-state index is 12.2. The number of nitrogens with zero attached hydrogens (tertiary/aromatic N) is 2. The molecule has 26 heavy (non-hydrogen) atoms. The van der Waals surface area contributed by atoms with Crippen LogP contribution in [0.5, 0.6) is 5.88 Å². The SMILES string of the molecule is COc1ccnc(-c2ccc(C(=O)NCCCOC3CCCC3)cc2)n1. The minimum Gasteiger partial charge on any atom is -0.481 e. The number of carbonyl (C=O) groups is 1. The fourth-order valence-corrected chi connectivity index (χ4v) is 3.05. The van der Waals surface area contributed by atoms with Crippen molar-refractivity contribution in [2.75, 3.05) is 20.3 Å². The molecule has 1 saturated carbocycles. The summed E-state index contributed by atoms with van der Waals surface area (Å²) in [5.41, 5.74) is 1.46. The number of ether oxygens (including phenoxy) is 2. The molecule has 2 aromatic rings. The van der Waals surface area contributed by atoms with Crippen LogP contribution in [0.15, 0.2) is 36.5 Å². The molecule has 1 aliphatic carbocycles. The lowest BCUT2D eigenvalue weighted by Crippen LogP contribution is -2.25. The number of rotatable bonds is 8. The first-order chi connectivity index (χ1) is 12.8. The minimum atomic E-state index is -0.0797. The summed E-state index contributed by atoms with van der Waals surface area (Å²) < 4.78 is 10.9. The van der Waals surface area contributed by atoms with E-state index in [0.717, 1.165) is 12.0 Å². The highest BCUT2D eigenvalue weighted by Gasteiger charge is 2.14. The molecular formula is C20H25N3O3. The first kappa shape index (κ1) is 18.3. The van der Waals surface area contributed by atoms with E-state index in [-0.39, 0.29) is 5.91 Å². The molecule has 0 unspecified atom stereocenters. The molecule has 6 nitrogen and oxygen atoms in total. The maximum Gasteiger partial charge on any atom is 0.251 e. The summed E-state index contributed by atoms with van der Waals surface area (Å²) in [4.78, 5) is 20.7. The molecule has 6 heteroatoms.